The number of carbonyl (C=O) groups excluding carboxylic acids is 3. The van der Waals surface area contributed by atoms with Gasteiger partial charge < -0.3 is 0 Å². The molecule has 30 heavy (non-hydrogen) atoms. The second kappa shape index (κ2) is 8.06. The van der Waals surface area contributed by atoms with Crippen molar-refractivity contribution in [2.45, 2.75) is 32.7 Å². The quantitative estimate of drug-likeness (QED) is 0.613. The number of hydrogen-bond donors (Lipinski definition) is 0. The molecule has 0 aliphatic carbocycles. The van der Waals surface area contributed by atoms with E-state index in [2.05, 4.69) is 4.99 Å². The van der Waals surface area contributed by atoms with Crippen LogP contribution >= 0.6 is 0 Å². The molecule has 3 aromatic rings. The Hall–Kier alpha value is -3.54. The zero-order valence-electron chi connectivity index (χ0n) is 17.0. The van der Waals surface area contributed by atoms with Crippen molar-refractivity contribution in [3.05, 3.63) is 77.4 Å². The van der Waals surface area contributed by atoms with Gasteiger partial charge in [0.15, 0.2) is 0 Å². The van der Waals surface area contributed by atoms with Gasteiger partial charge in [0.1, 0.15) is 5.49 Å². The molecule has 0 N–H and O–H groups in total. The average molecular weight is 401 g/mol. The number of hydrogen-bond acceptors (Lipinski definition) is 4. The second-order valence-electron chi connectivity index (χ2n) is 7.62. The molecule has 0 radical (unpaired) electrons. The lowest BCUT2D eigenvalue weighted by Gasteiger charge is -2.27. The Labute approximate surface area is 174 Å². The predicted octanol–water partition coefficient (Wildman–Crippen LogP) is 3.67. The molecule has 0 unspecified atom stereocenters. The normalized spacial score (nSPS) is 14.1. The summed E-state index contributed by atoms with van der Waals surface area (Å²) in [7, 11) is 0. The lowest BCUT2D eigenvalue weighted by Crippen LogP contribution is -2.41. The van der Waals surface area contributed by atoms with Crippen molar-refractivity contribution in [3.63, 3.8) is 0 Å². The van der Waals surface area contributed by atoms with Gasteiger partial charge in [0.2, 0.25) is 5.91 Å². The minimum absolute atomic E-state index is 0.0674. The molecule has 2 amide bonds. The third kappa shape index (κ3) is 3.56. The zero-order chi connectivity index (χ0) is 21.3. The van der Waals surface area contributed by atoms with Gasteiger partial charge in [-0.15, -0.1) is 0 Å². The topological polar surface area (TPSA) is 71.7 Å². The fraction of sp³-hybridized carbons (Fsp3) is 0.250. The number of benzene rings is 2. The molecular formula is C24H23N3O3. The molecule has 152 valence electrons. The van der Waals surface area contributed by atoms with Crippen molar-refractivity contribution < 1.29 is 14.4 Å². The van der Waals surface area contributed by atoms with Gasteiger partial charge in [-0.25, -0.2) is 0 Å². The molecule has 0 fully saturated rings. The summed E-state index contributed by atoms with van der Waals surface area (Å²) >= 11 is 0. The maximum absolute atomic E-state index is 12.9. The molecule has 6 nitrogen and oxygen atoms in total. The van der Waals surface area contributed by atoms with E-state index in [4.69, 9.17) is 0 Å². The summed E-state index contributed by atoms with van der Waals surface area (Å²) in [6, 6.07) is 16.4. The molecule has 1 aliphatic rings. The van der Waals surface area contributed by atoms with Crippen LogP contribution in [0.4, 0.5) is 0 Å². The van der Waals surface area contributed by atoms with Gasteiger partial charge in [-0.1, -0.05) is 30.3 Å². The van der Waals surface area contributed by atoms with Gasteiger partial charge >= 0.3 is 0 Å². The highest BCUT2D eigenvalue weighted by Crippen LogP contribution is 2.30. The molecule has 0 spiro atoms. The Bertz CT molecular complexity index is 1170. The molecule has 1 aliphatic heterocycles. The Morgan fingerprint density at radius 2 is 1.60 bits per heavy atom. The van der Waals surface area contributed by atoms with E-state index in [0.29, 0.717) is 28.4 Å². The molecular weight excluding hydrogens is 378 g/mol. The van der Waals surface area contributed by atoms with E-state index in [9.17, 15) is 14.4 Å². The second-order valence-corrected chi connectivity index (χ2v) is 7.62. The molecule has 1 aromatic heterocycles. The highest BCUT2D eigenvalue weighted by molar-refractivity contribution is 6.25. The van der Waals surface area contributed by atoms with Crippen LogP contribution in [-0.2, 0) is 0 Å². The van der Waals surface area contributed by atoms with Crippen molar-refractivity contribution >= 4 is 28.5 Å². The van der Waals surface area contributed by atoms with Crippen molar-refractivity contribution in [3.8, 4) is 0 Å². The Morgan fingerprint density at radius 1 is 0.933 bits per heavy atom. The van der Waals surface area contributed by atoms with Gasteiger partial charge in [0.25, 0.3) is 11.8 Å². The minimum Gasteiger partial charge on any atom is -0.274 e. The summed E-state index contributed by atoms with van der Waals surface area (Å²) in [4.78, 5) is 44.3. The first-order valence-electron chi connectivity index (χ1n) is 10.1. The molecule has 0 atom stereocenters. The zero-order valence-corrected chi connectivity index (χ0v) is 17.0. The molecule has 2 heterocycles. The Morgan fingerprint density at radius 3 is 2.23 bits per heavy atom. The molecule has 2 aromatic carbocycles. The molecule has 0 saturated heterocycles. The maximum Gasteiger partial charge on any atom is 0.261 e. The summed E-state index contributed by atoms with van der Waals surface area (Å²) in [5.41, 5.74) is 1.66. The number of pyridine rings is 1. The highest BCUT2D eigenvalue weighted by atomic mass is 16.2. The van der Waals surface area contributed by atoms with Crippen LogP contribution in [-0.4, -0.2) is 39.8 Å². The first-order chi connectivity index (χ1) is 14.5. The monoisotopic (exact) mass is 401 g/mol. The van der Waals surface area contributed by atoms with Gasteiger partial charge in [-0.3, -0.25) is 28.8 Å². The SMILES string of the molecule is CC(C)N=c1ccccn1C(=O)CCCN1C(=O)c2cccc3cccc(c23)C1=O. The van der Waals surface area contributed by atoms with Crippen LogP contribution in [0.2, 0.25) is 0 Å². The number of amides is 2. The van der Waals surface area contributed by atoms with Crippen LogP contribution in [0.15, 0.2) is 65.8 Å². The number of carbonyl (C=O) groups is 3. The Balaban J connectivity index is 1.51. The van der Waals surface area contributed by atoms with Crippen LogP contribution in [0.1, 0.15) is 52.2 Å². The summed E-state index contributed by atoms with van der Waals surface area (Å²) in [5.74, 6) is -0.728. The van der Waals surface area contributed by atoms with E-state index in [1.165, 1.54) is 9.47 Å². The van der Waals surface area contributed by atoms with Gasteiger partial charge in [-0.05, 0) is 49.9 Å². The first-order valence-corrected chi connectivity index (χ1v) is 10.1. The average Bonchev–Trinajstić information content (AvgIpc) is 2.74. The number of imide groups is 1. The van der Waals surface area contributed by atoms with Crippen LogP contribution < -0.4 is 5.49 Å². The van der Waals surface area contributed by atoms with Crippen molar-refractivity contribution in [2.75, 3.05) is 6.54 Å². The van der Waals surface area contributed by atoms with E-state index in [0.717, 1.165) is 5.39 Å². The van der Waals surface area contributed by atoms with E-state index in [1.807, 2.05) is 44.2 Å². The fourth-order valence-corrected chi connectivity index (χ4v) is 3.81. The van der Waals surface area contributed by atoms with Crippen molar-refractivity contribution in [1.29, 1.82) is 0 Å². The number of nitrogens with zero attached hydrogens (tertiary/aromatic N) is 3. The number of rotatable bonds is 5. The van der Waals surface area contributed by atoms with Crippen molar-refractivity contribution in [1.82, 2.24) is 9.47 Å². The lowest BCUT2D eigenvalue weighted by molar-refractivity contribution is 0.0601. The van der Waals surface area contributed by atoms with Crippen molar-refractivity contribution in [2.24, 2.45) is 4.99 Å². The van der Waals surface area contributed by atoms with Gasteiger partial charge in [-0.2, -0.15) is 0 Å². The fourth-order valence-electron chi connectivity index (χ4n) is 3.81. The number of aromatic nitrogens is 1. The molecule has 0 bridgehead atoms. The van der Waals surface area contributed by atoms with E-state index in [-0.39, 0.29) is 36.7 Å². The molecule has 4 rings (SSSR count). The smallest absolute Gasteiger partial charge is 0.261 e. The van der Waals surface area contributed by atoms with Crippen LogP contribution in [0.3, 0.4) is 0 Å². The summed E-state index contributed by atoms with van der Waals surface area (Å²) in [6.07, 6.45) is 2.29. The predicted molar refractivity (Wildman–Crippen MR) is 114 cm³/mol. The highest BCUT2D eigenvalue weighted by Gasteiger charge is 2.32. The van der Waals surface area contributed by atoms with E-state index < -0.39 is 0 Å². The molecule has 0 saturated carbocycles. The largest absolute Gasteiger partial charge is 0.274 e. The third-order valence-electron chi connectivity index (χ3n) is 5.13. The van der Waals surface area contributed by atoms with Gasteiger partial charge in [0.05, 0.1) is 0 Å². The van der Waals surface area contributed by atoms with Crippen LogP contribution in [0.5, 0.6) is 0 Å². The van der Waals surface area contributed by atoms with Gasteiger partial charge in [0, 0.05) is 41.7 Å². The first kappa shape index (κ1) is 19.8. The van der Waals surface area contributed by atoms with E-state index in [1.54, 1.807) is 30.5 Å². The lowest BCUT2D eigenvalue weighted by atomic mass is 9.94. The Kier molecular flexibility index (Phi) is 5.31. The van der Waals surface area contributed by atoms with E-state index >= 15 is 0 Å². The summed E-state index contributed by atoms with van der Waals surface area (Å²) < 4.78 is 1.52. The standard InChI is InChI=1S/C24H23N3O3/c1-16(2)25-20-12-3-4-14-26(20)21(28)13-7-15-27-23(29)18-10-5-8-17-9-6-11-19(22(17)18)24(27)30/h3-6,8-12,14,16H,7,13,15H2,1-2H3. The summed E-state index contributed by atoms with van der Waals surface area (Å²) in [6.45, 7) is 4.10. The van der Waals surface area contributed by atoms with Crippen LogP contribution in [0, 0.1) is 0 Å². The maximum atomic E-state index is 12.9. The summed E-state index contributed by atoms with van der Waals surface area (Å²) in [5, 5.41) is 1.59. The van der Waals surface area contributed by atoms with Crippen LogP contribution in [0.25, 0.3) is 10.8 Å². The molecule has 6 heteroatoms. The third-order valence-corrected chi connectivity index (χ3v) is 5.13. The minimum atomic E-state index is -0.306.